The van der Waals surface area contributed by atoms with E-state index in [1.807, 2.05) is 0 Å². The number of benzene rings is 1. The van der Waals surface area contributed by atoms with Crippen molar-refractivity contribution < 1.29 is 19.8 Å². The molecule has 2 rings (SSSR count). The Morgan fingerprint density at radius 3 is 2.50 bits per heavy atom. The summed E-state index contributed by atoms with van der Waals surface area (Å²) in [6, 6.07) is 4.17. The third-order valence-electron chi connectivity index (χ3n) is 3.21. The lowest BCUT2D eigenvalue weighted by molar-refractivity contribution is 0.0696. The predicted octanol–water partition coefficient (Wildman–Crippen LogP) is 2.14. The van der Waals surface area contributed by atoms with Crippen LogP contribution in [0.25, 0.3) is 0 Å². The van der Waals surface area contributed by atoms with Crippen LogP contribution in [0.5, 0.6) is 0 Å². The second kappa shape index (κ2) is 6.23. The predicted molar refractivity (Wildman–Crippen MR) is 76.9 cm³/mol. The Kier molecular flexibility index (Phi) is 4.61. The van der Waals surface area contributed by atoms with Crippen molar-refractivity contribution in [3.05, 3.63) is 28.2 Å². The van der Waals surface area contributed by atoms with Crippen molar-refractivity contribution in [1.29, 1.82) is 0 Å². The van der Waals surface area contributed by atoms with E-state index >= 15 is 0 Å². The molecule has 1 heterocycles. The molecule has 0 unspecified atom stereocenters. The number of nitrogens with zero attached hydrogens (tertiary/aromatic N) is 1. The maximum Gasteiger partial charge on any atom is 0.335 e. The zero-order valence-electron chi connectivity index (χ0n) is 10.7. The number of carboxylic acid groups (broad SMARTS) is 1. The number of rotatable bonds is 2. The van der Waals surface area contributed by atoms with Crippen molar-refractivity contribution in [2.75, 3.05) is 18.4 Å². The van der Waals surface area contributed by atoms with Crippen LogP contribution in [0.4, 0.5) is 10.5 Å². The number of urea groups is 1. The van der Waals surface area contributed by atoms with E-state index in [-0.39, 0.29) is 17.7 Å². The summed E-state index contributed by atoms with van der Waals surface area (Å²) in [5.41, 5.74) is 0.669. The molecule has 20 heavy (non-hydrogen) atoms. The van der Waals surface area contributed by atoms with Gasteiger partial charge in [-0.2, -0.15) is 0 Å². The molecule has 0 spiro atoms. The molecule has 6 nitrogen and oxygen atoms in total. The van der Waals surface area contributed by atoms with Gasteiger partial charge in [0.05, 0.1) is 17.4 Å². The van der Waals surface area contributed by atoms with Gasteiger partial charge in [-0.3, -0.25) is 0 Å². The number of halogens is 1. The van der Waals surface area contributed by atoms with E-state index in [1.165, 1.54) is 12.1 Å². The highest BCUT2D eigenvalue weighted by atomic mass is 79.9. The largest absolute Gasteiger partial charge is 0.478 e. The van der Waals surface area contributed by atoms with Crippen LogP contribution in [0.3, 0.4) is 0 Å². The molecule has 1 aliphatic rings. The number of aromatic carboxylic acids is 1. The molecular formula is C13H15BrN2O4. The lowest BCUT2D eigenvalue weighted by atomic mass is 10.1. The lowest BCUT2D eigenvalue weighted by Gasteiger charge is -2.29. The summed E-state index contributed by atoms with van der Waals surface area (Å²) in [5.74, 6) is -1.02. The van der Waals surface area contributed by atoms with Crippen molar-refractivity contribution in [2.24, 2.45) is 0 Å². The minimum absolute atomic E-state index is 0.149. The Morgan fingerprint density at radius 2 is 1.95 bits per heavy atom. The van der Waals surface area contributed by atoms with Gasteiger partial charge in [0.25, 0.3) is 0 Å². The van der Waals surface area contributed by atoms with Crippen LogP contribution in [-0.4, -0.2) is 46.3 Å². The summed E-state index contributed by atoms with van der Waals surface area (Å²) in [4.78, 5) is 24.5. The number of anilines is 1. The highest BCUT2D eigenvalue weighted by molar-refractivity contribution is 9.10. The number of aliphatic hydroxyl groups is 1. The molecule has 0 bridgehead atoms. The highest BCUT2D eigenvalue weighted by Gasteiger charge is 2.21. The molecule has 0 saturated carbocycles. The Balaban J connectivity index is 2.02. The monoisotopic (exact) mass is 342 g/mol. The van der Waals surface area contributed by atoms with Gasteiger partial charge >= 0.3 is 12.0 Å². The van der Waals surface area contributed by atoms with E-state index in [0.29, 0.717) is 36.1 Å². The van der Waals surface area contributed by atoms with Crippen molar-refractivity contribution in [1.82, 2.24) is 4.90 Å². The van der Waals surface area contributed by atoms with E-state index in [2.05, 4.69) is 21.2 Å². The fourth-order valence-corrected chi connectivity index (χ4v) is 2.49. The fraction of sp³-hybridized carbons (Fsp3) is 0.385. The van der Waals surface area contributed by atoms with Crippen molar-refractivity contribution >= 4 is 33.6 Å². The third kappa shape index (κ3) is 3.49. The average molecular weight is 343 g/mol. The van der Waals surface area contributed by atoms with Crippen LogP contribution in [0.2, 0.25) is 0 Å². The molecule has 0 aliphatic carbocycles. The van der Waals surface area contributed by atoms with Gasteiger partial charge in [-0.15, -0.1) is 0 Å². The summed E-state index contributed by atoms with van der Waals surface area (Å²) in [5, 5.41) is 21.0. The Morgan fingerprint density at radius 1 is 1.30 bits per heavy atom. The summed E-state index contributed by atoms with van der Waals surface area (Å²) in [6.07, 6.45) is 0.819. The van der Waals surface area contributed by atoms with Crippen LogP contribution in [0.1, 0.15) is 23.2 Å². The second-order valence-electron chi connectivity index (χ2n) is 4.65. The Hall–Kier alpha value is -1.60. The molecular weight excluding hydrogens is 328 g/mol. The molecule has 7 heteroatoms. The van der Waals surface area contributed by atoms with Crippen LogP contribution in [0.15, 0.2) is 22.7 Å². The molecule has 1 aromatic carbocycles. The first-order valence-electron chi connectivity index (χ1n) is 6.24. The van der Waals surface area contributed by atoms with Gasteiger partial charge in [-0.1, -0.05) is 0 Å². The summed E-state index contributed by atoms with van der Waals surface area (Å²) >= 11 is 3.24. The fourth-order valence-electron chi connectivity index (χ4n) is 2.01. The van der Waals surface area contributed by atoms with Crippen molar-refractivity contribution in [3.8, 4) is 0 Å². The first-order chi connectivity index (χ1) is 9.47. The number of amides is 2. The molecule has 1 saturated heterocycles. The Labute approximate surface area is 124 Å². The maximum atomic E-state index is 12.0. The normalized spacial score (nSPS) is 16.0. The van der Waals surface area contributed by atoms with E-state index in [9.17, 15) is 14.7 Å². The molecule has 0 atom stereocenters. The number of hydrogen-bond acceptors (Lipinski definition) is 3. The first-order valence-corrected chi connectivity index (χ1v) is 7.03. The van der Waals surface area contributed by atoms with Gasteiger partial charge in [0.2, 0.25) is 0 Å². The number of carbonyl (C=O) groups excluding carboxylic acids is 1. The lowest BCUT2D eigenvalue weighted by Crippen LogP contribution is -2.42. The van der Waals surface area contributed by atoms with Crippen molar-refractivity contribution in [2.45, 2.75) is 18.9 Å². The average Bonchev–Trinajstić information content (AvgIpc) is 2.41. The molecule has 1 fully saturated rings. The topological polar surface area (TPSA) is 89.9 Å². The van der Waals surface area contributed by atoms with Crippen LogP contribution in [-0.2, 0) is 0 Å². The van der Waals surface area contributed by atoms with Crippen molar-refractivity contribution in [3.63, 3.8) is 0 Å². The summed E-state index contributed by atoms with van der Waals surface area (Å²) in [6.45, 7) is 1.02. The number of carboxylic acids is 1. The van der Waals surface area contributed by atoms with Crippen LogP contribution in [0, 0.1) is 0 Å². The summed E-state index contributed by atoms with van der Waals surface area (Å²) in [7, 11) is 0. The Bertz CT molecular complexity index is 527. The summed E-state index contributed by atoms with van der Waals surface area (Å²) < 4.78 is 0.516. The first kappa shape index (κ1) is 14.8. The number of carbonyl (C=O) groups is 2. The third-order valence-corrected chi connectivity index (χ3v) is 3.87. The van der Waals surface area contributed by atoms with Crippen LogP contribution >= 0.6 is 15.9 Å². The number of aliphatic hydroxyl groups excluding tert-OH is 1. The highest BCUT2D eigenvalue weighted by Crippen LogP contribution is 2.24. The molecule has 108 valence electrons. The number of likely N-dealkylation sites (tertiary alicyclic amines) is 1. The molecule has 1 aliphatic heterocycles. The maximum absolute atomic E-state index is 12.0. The smallest absolute Gasteiger partial charge is 0.335 e. The van der Waals surface area contributed by atoms with Gasteiger partial charge < -0.3 is 20.4 Å². The quantitative estimate of drug-likeness (QED) is 0.767. The number of hydrogen-bond donors (Lipinski definition) is 3. The van der Waals surface area contributed by atoms with E-state index in [1.54, 1.807) is 11.0 Å². The zero-order valence-corrected chi connectivity index (χ0v) is 12.3. The number of piperidine rings is 1. The van der Waals surface area contributed by atoms with Gasteiger partial charge in [0.1, 0.15) is 0 Å². The molecule has 3 N–H and O–H groups in total. The van der Waals surface area contributed by atoms with E-state index < -0.39 is 5.97 Å². The van der Waals surface area contributed by atoms with Gasteiger partial charge in [-0.05, 0) is 47.0 Å². The zero-order chi connectivity index (χ0) is 14.7. The molecule has 0 aromatic heterocycles. The minimum Gasteiger partial charge on any atom is -0.478 e. The molecule has 2 amide bonds. The van der Waals surface area contributed by atoms with E-state index in [4.69, 9.17) is 5.11 Å². The van der Waals surface area contributed by atoms with Gasteiger partial charge in [-0.25, -0.2) is 9.59 Å². The number of nitrogens with one attached hydrogen (secondary N) is 1. The van der Waals surface area contributed by atoms with Crippen LogP contribution < -0.4 is 5.32 Å². The molecule has 1 aromatic rings. The second-order valence-corrected chi connectivity index (χ2v) is 5.50. The van der Waals surface area contributed by atoms with E-state index in [0.717, 1.165) is 0 Å². The SMILES string of the molecule is O=C(O)c1ccc(NC(=O)N2CCC(O)CC2)c(Br)c1. The van der Waals surface area contributed by atoms with Gasteiger partial charge in [0, 0.05) is 17.6 Å². The standard InChI is InChI=1S/C13H15BrN2O4/c14-10-7-8(12(18)19)1-2-11(10)15-13(20)16-5-3-9(17)4-6-16/h1-2,7,9,17H,3-6H2,(H,15,20)(H,18,19). The van der Waals surface area contributed by atoms with Gasteiger partial charge in [0.15, 0.2) is 0 Å². The molecule has 0 radical (unpaired) electrons. The minimum atomic E-state index is -1.02.